The molecule has 0 saturated carbocycles. The standard InChI is InChI=1S/C13H10F2O3S/c1-17-10-5-6-19-12(10)11(16)8-3-2-4-9(7-8)18-13(14)15/h2-7,13H,1H3. The third-order valence-electron chi connectivity index (χ3n) is 2.38. The van der Waals surface area contributed by atoms with E-state index in [1.807, 2.05) is 0 Å². The van der Waals surface area contributed by atoms with E-state index in [2.05, 4.69) is 4.74 Å². The number of hydrogen-bond donors (Lipinski definition) is 0. The van der Waals surface area contributed by atoms with Crippen LogP contribution < -0.4 is 9.47 Å². The highest BCUT2D eigenvalue weighted by atomic mass is 32.1. The number of ether oxygens (including phenoxy) is 2. The Labute approximate surface area is 112 Å². The number of carbonyl (C=O) groups excluding carboxylic acids is 1. The molecule has 1 heterocycles. The molecule has 0 N–H and O–H groups in total. The molecule has 0 saturated heterocycles. The van der Waals surface area contributed by atoms with Gasteiger partial charge in [0.15, 0.2) is 0 Å². The van der Waals surface area contributed by atoms with Gasteiger partial charge in [0.05, 0.1) is 7.11 Å². The number of methoxy groups -OCH3 is 1. The Hall–Kier alpha value is -1.95. The van der Waals surface area contributed by atoms with Gasteiger partial charge >= 0.3 is 6.61 Å². The first kappa shape index (κ1) is 13.5. The van der Waals surface area contributed by atoms with Crippen LogP contribution >= 0.6 is 11.3 Å². The maximum Gasteiger partial charge on any atom is 0.387 e. The number of hydrogen-bond acceptors (Lipinski definition) is 4. The van der Waals surface area contributed by atoms with Crippen molar-refractivity contribution in [2.75, 3.05) is 7.11 Å². The second-order valence-corrected chi connectivity index (χ2v) is 4.47. The van der Waals surface area contributed by atoms with Crippen molar-refractivity contribution >= 4 is 17.1 Å². The van der Waals surface area contributed by atoms with Gasteiger partial charge in [-0.15, -0.1) is 11.3 Å². The molecule has 1 aromatic heterocycles. The second kappa shape index (κ2) is 5.79. The Bertz CT molecular complexity index is 581. The van der Waals surface area contributed by atoms with Gasteiger partial charge in [-0.1, -0.05) is 12.1 Å². The van der Waals surface area contributed by atoms with Crippen molar-refractivity contribution < 1.29 is 23.0 Å². The lowest BCUT2D eigenvalue weighted by atomic mass is 10.1. The van der Waals surface area contributed by atoms with Crippen molar-refractivity contribution in [2.45, 2.75) is 6.61 Å². The molecule has 0 fully saturated rings. The normalized spacial score (nSPS) is 10.5. The number of ketones is 1. The number of halogens is 2. The first-order valence-electron chi connectivity index (χ1n) is 5.33. The summed E-state index contributed by atoms with van der Waals surface area (Å²) in [6, 6.07) is 7.37. The average Bonchev–Trinajstić information content (AvgIpc) is 2.85. The van der Waals surface area contributed by atoms with E-state index in [0.29, 0.717) is 10.6 Å². The molecule has 2 aromatic rings. The van der Waals surface area contributed by atoms with E-state index in [1.54, 1.807) is 17.5 Å². The molecule has 0 radical (unpaired) electrons. The van der Waals surface area contributed by atoms with Gasteiger partial charge in [0.1, 0.15) is 16.4 Å². The minimum absolute atomic E-state index is 0.0450. The minimum Gasteiger partial charge on any atom is -0.495 e. The van der Waals surface area contributed by atoms with Gasteiger partial charge in [-0.05, 0) is 23.6 Å². The van der Waals surface area contributed by atoms with Crippen LogP contribution in [0.1, 0.15) is 15.2 Å². The largest absolute Gasteiger partial charge is 0.495 e. The molecular formula is C13H10F2O3S. The van der Waals surface area contributed by atoms with Crippen LogP contribution in [0.5, 0.6) is 11.5 Å². The van der Waals surface area contributed by atoms with Crippen LogP contribution in [-0.2, 0) is 0 Å². The first-order chi connectivity index (χ1) is 9.11. The smallest absolute Gasteiger partial charge is 0.387 e. The second-order valence-electron chi connectivity index (χ2n) is 3.55. The first-order valence-corrected chi connectivity index (χ1v) is 6.21. The Morgan fingerprint density at radius 1 is 1.32 bits per heavy atom. The fraction of sp³-hybridized carbons (Fsp3) is 0.154. The molecule has 100 valence electrons. The van der Waals surface area contributed by atoms with Crippen LogP contribution in [0.4, 0.5) is 8.78 Å². The summed E-state index contributed by atoms with van der Waals surface area (Å²) in [5, 5.41) is 1.73. The van der Waals surface area contributed by atoms with Crippen LogP contribution in [0.3, 0.4) is 0 Å². The molecule has 19 heavy (non-hydrogen) atoms. The van der Waals surface area contributed by atoms with Crippen LogP contribution in [0, 0.1) is 0 Å². The van der Waals surface area contributed by atoms with Gasteiger partial charge < -0.3 is 9.47 Å². The predicted octanol–water partition coefficient (Wildman–Crippen LogP) is 3.59. The average molecular weight is 284 g/mol. The summed E-state index contributed by atoms with van der Waals surface area (Å²) in [4.78, 5) is 12.6. The van der Waals surface area contributed by atoms with E-state index in [9.17, 15) is 13.6 Å². The van der Waals surface area contributed by atoms with Gasteiger partial charge in [-0.2, -0.15) is 8.78 Å². The van der Waals surface area contributed by atoms with Crippen molar-refractivity contribution in [1.29, 1.82) is 0 Å². The van der Waals surface area contributed by atoms with Crippen molar-refractivity contribution in [3.05, 3.63) is 46.2 Å². The van der Waals surface area contributed by atoms with Crippen molar-refractivity contribution in [2.24, 2.45) is 0 Å². The number of alkyl halides is 2. The molecule has 0 aliphatic heterocycles. The summed E-state index contributed by atoms with van der Waals surface area (Å²) in [7, 11) is 1.47. The molecule has 0 aliphatic rings. The lowest BCUT2D eigenvalue weighted by Crippen LogP contribution is -2.04. The molecule has 0 atom stereocenters. The van der Waals surface area contributed by atoms with E-state index in [-0.39, 0.29) is 17.1 Å². The fourth-order valence-corrected chi connectivity index (χ4v) is 2.39. The molecule has 2 rings (SSSR count). The monoisotopic (exact) mass is 284 g/mol. The molecule has 0 aliphatic carbocycles. The molecular weight excluding hydrogens is 274 g/mol. The zero-order chi connectivity index (χ0) is 13.8. The Morgan fingerprint density at radius 2 is 2.11 bits per heavy atom. The summed E-state index contributed by atoms with van der Waals surface area (Å²) < 4.78 is 33.6. The number of benzene rings is 1. The quantitative estimate of drug-likeness (QED) is 0.787. The van der Waals surface area contributed by atoms with Gasteiger partial charge in [-0.25, -0.2) is 0 Å². The number of rotatable bonds is 5. The SMILES string of the molecule is COc1ccsc1C(=O)c1cccc(OC(F)F)c1. The molecule has 0 spiro atoms. The summed E-state index contributed by atoms with van der Waals surface area (Å²) in [5.41, 5.74) is 0.277. The summed E-state index contributed by atoms with van der Waals surface area (Å²) in [6.07, 6.45) is 0. The summed E-state index contributed by atoms with van der Waals surface area (Å²) in [5.74, 6) is 0.137. The van der Waals surface area contributed by atoms with Gasteiger partial charge in [0.25, 0.3) is 0 Å². The Kier molecular flexibility index (Phi) is 4.11. The van der Waals surface area contributed by atoms with E-state index in [0.717, 1.165) is 0 Å². The van der Waals surface area contributed by atoms with E-state index in [1.165, 1.54) is 36.6 Å². The molecule has 0 amide bonds. The topological polar surface area (TPSA) is 35.5 Å². The maximum absolute atomic E-state index is 12.2. The van der Waals surface area contributed by atoms with Crippen LogP contribution in [0.2, 0.25) is 0 Å². The molecule has 0 unspecified atom stereocenters. The lowest BCUT2D eigenvalue weighted by molar-refractivity contribution is -0.0498. The Balaban J connectivity index is 2.29. The lowest BCUT2D eigenvalue weighted by Gasteiger charge is -2.06. The molecule has 0 bridgehead atoms. The summed E-state index contributed by atoms with van der Waals surface area (Å²) >= 11 is 1.23. The van der Waals surface area contributed by atoms with Crippen LogP contribution in [0.15, 0.2) is 35.7 Å². The number of thiophene rings is 1. The maximum atomic E-state index is 12.2. The minimum atomic E-state index is -2.92. The predicted molar refractivity (Wildman–Crippen MR) is 67.4 cm³/mol. The molecule has 6 heteroatoms. The van der Waals surface area contributed by atoms with Gasteiger partial charge in [-0.3, -0.25) is 4.79 Å². The zero-order valence-electron chi connectivity index (χ0n) is 9.93. The van der Waals surface area contributed by atoms with Crippen LogP contribution in [-0.4, -0.2) is 19.5 Å². The summed E-state index contributed by atoms with van der Waals surface area (Å²) in [6.45, 7) is -2.92. The van der Waals surface area contributed by atoms with E-state index >= 15 is 0 Å². The molecule has 3 nitrogen and oxygen atoms in total. The van der Waals surface area contributed by atoms with Gasteiger partial charge in [0.2, 0.25) is 5.78 Å². The highest BCUT2D eigenvalue weighted by Gasteiger charge is 2.17. The third kappa shape index (κ3) is 3.08. The van der Waals surface area contributed by atoms with Crippen LogP contribution in [0.25, 0.3) is 0 Å². The van der Waals surface area contributed by atoms with Crippen molar-refractivity contribution in [3.8, 4) is 11.5 Å². The van der Waals surface area contributed by atoms with Crippen molar-refractivity contribution in [1.82, 2.24) is 0 Å². The van der Waals surface area contributed by atoms with Gasteiger partial charge in [0, 0.05) is 5.56 Å². The molecule has 1 aromatic carbocycles. The zero-order valence-corrected chi connectivity index (χ0v) is 10.7. The van der Waals surface area contributed by atoms with Crippen molar-refractivity contribution in [3.63, 3.8) is 0 Å². The Morgan fingerprint density at radius 3 is 2.79 bits per heavy atom. The number of carbonyl (C=O) groups is 1. The highest BCUT2D eigenvalue weighted by Crippen LogP contribution is 2.28. The van der Waals surface area contributed by atoms with E-state index < -0.39 is 6.61 Å². The fourth-order valence-electron chi connectivity index (χ4n) is 1.57. The third-order valence-corrected chi connectivity index (χ3v) is 3.27. The highest BCUT2D eigenvalue weighted by molar-refractivity contribution is 7.12. The van der Waals surface area contributed by atoms with E-state index in [4.69, 9.17) is 4.74 Å².